The Kier molecular flexibility index (Phi) is 2.73. The summed E-state index contributed by atoms with van der Waals surface area (Å²) in [5, 5.41) is 0. The Morgan fingerprint density at radius 3 is 2.50 bits per heavy atom. The number of rotatable bonds is 1. The summed E-state index contributed by atoms with van der Waals surface area (Å²) in [5.41, 5.74) is 0. The van der Waals surface area contributed by atoms with Gasteiger partial charge in [0.2, 0.25) is 10.0 Å². The van der Waals surface area contributed by atoms with Crippen LogP contribution in [0.2, 0.25) is 0 Å². The predicted octanol–water partition coefficient (Wildman–Crippen LogP) is 0.626. The Morgan fingerprint density at radius 1 is 1.50 bits per heavy atom. The summed E-state index contributed by atoms with van der Waals surface area (Å²) in [4.78, 5) is 0. The molecule has 1 aliphatic heterocycles. The van der Waals surface area contributed by atoms with E-state index in [-0.39, 0.29) is 5.92 Å². The summed E-state index contributed by atoms with van der Waals surface area (Å²) in [6.07, 6.45) is 0.648. The number of nitrogens with zero attached hydrogens (tertiary/aromatic N) is 1. The van der Waals surface area contributed by atoms with Gasteiger partial charge in [0.05, 0.1) is 6.26 Å². The summed E-state index contributed by atoms with van der Waals surface area (Å²) in [6.45, 7) is 2.38. The smallest absolute Gasteiger partial charge is 0.211 e. The van der Waals surface area contributed by atoms with Crippen LogP contribution in [0.5, 0.6) is 0 Å². The standard InChI is InChI=1S/C7H14FNO2S/c1-6-5-9(12(2,10)11)4-3-7(6)8/h6-7H,3-5H2,1-2H3/t6-,7+/m1/s1. The normalized spacial score (nSPS) is 33.6. The molecule has 1 aliphatic rings. The largest absolute Gasteiger partial charge is 0.247 e. The quantitative estimate of drug-likeness (QED) is 0.615. The minimum atomic E-state index is -3.12. The lowest BCUT2D eigenvalue weighted by atomic mass is 10.00. The van der Waals surface area contributed by atoms with E-state index in [4.69, 9.17) is 0 Å². The molecule has 0 aromatic rings. The van der Waals surface area contributed by atoms with E-state index in [1.807, 2.05) is 0 Å². The second kappa shape index (κ2) is 3.30. The van der Waals surface area contributed by atoms with Gasteiger partial charge in [-0.25, -0.2) is 17.1 Å². The van der Waals surface area contributed by atoms with E-state index < -0.39 is 16.2 Å². The second-order valence-electron chi connectivity index (χ2n) is 3.40. The minimum absolute atomic E-state index is 0.173. The fraction of sp³-hybridized carbons (Fsp3) is 1.00. The zero-order chi connectivity index (χ0) is 9.35. The van der Waals surface area contributed by atoms with E-state index in [1.165, 1.54) is 4.31 Å². The Balaban J connectivity index is 2.64. The van der Waals surface area contributed by atoms with Crippen molar-refractivity contribution in [3.63, 3.8) is 0 Å². The third-order valence-electron chi connectivity index (χ3n) is 2.23. The molecule has 0 aromatic heterocycles. The van der Waals surface area contributed by atoms with Gasteiger partial charge in [-0.1, -0.05) is 6.92 Å². The first kappa shape index (κ1) is 9.92. The molecule has 0 aromatic carbocycles. The van der Waals surface area contributed by atoms with Crippen LogP contribution in [0.25, 0.3) is 0 Å². The molecule has 5 heteroatoms. The van der Waals surface area contributed by atoms with Crippen molar-refractivity contribution < 1.29 is 12.8 Å². The summed E-state index contributed by atoms with van der Waals surface area (Å²) in [6, 6.07) is 0. The van der Waals surface area contributed by atoms with Crippen molar-refractivity contribution in [2.45, 2.75) is 19.5 Å². The summed E-state index contributed by atoms with van der Waals surface area (Å²) in [5.74, 6) is -0.173. The van der Waals surface area contributed by atoms with E-state index in [9.17, 15) is 12.8 Å². The molecule has 1 rings (SSSR count). The van der Waals surface area contributed by atoms with Gasteiger partial charge in [0.25, 0.3) is 0 Å². The van der Waals surface area contributed by atoms with Crippen molar-refractivity contribution in [1.29, 1.82) is 0 Å². The van der Waals surface area contributed by atoms with E-state index in [0.717, 1.165) is 6.26 Å². The van der Waals surface area contributed by atoms with Crippen LogP contribution in [0.4, 0.5) is 4.39 Å². The lowest BCUT2D eigenvalue weighted by Gasteiger charge is -2.31. The zero-order valence-electron chi connectivity index (χ0n) is 7.33. The molecule has 0 amide bonds. The Morgan fingerprint density at radius 2 is 2.08 bits per heavy atom. The number of sulfonamides is 1. The Labute approximate surface area is 72.6 Å². The average Bonchev–Trinajstić information content (AvgIpc) is 1.92. The molecule has 12 heavy (non-hydrogen) atoms. The van der Waals surface area contributed by atoms with Crippen LogP contribution in [0.1, 0.15) is 13.3 Å². The number of halogens is 1. The average molecular weight is 195 g/mol. The summed E-state index contributed by atoms with van der Waals surface area (Å²) in [7, 11) is -3.12. The van der Waals surface area contributed by atoms with Gasteiger partial charge in [0.15, 0.2) is 0 Å². The molecule has 0 N–H and O–H groups in total. The molecule has 0 aliphatic carbocycles. The van der Waals surface area contributed by atoms with E-state index >= 15 is 0 Å². The molecule has 2 atom stereocenters. The number of hydrogen-bond acceptors (Lipinski definition) is 2. The molecule has 0 saturated carbocycles. The number of alkyl halides is 1. The van der Waals surface area contributed by atoms with Crippen molar-refractivity contribution in [3.8, 4) is 0 Å². The molecule has 0 unspecified atom stereocenters. The van der Waals surface area contributed by atoms with E-state index in [0.29, 0.717) is 19.5 Å². The summed E-state index contributed by atoms with van der Waals surface area (Å²) >= 11 is 0. The Bertz CT molecular complexity index is 252. The monoisotopic (exact) mass is 195 g/mol. The minimum Gasteiger partial charge on any atom is -0.247 e. The molecule has 0 spiro atoms. The number of hydrogen-bond donors (Lipinski definition) is 0. The van der Waals surface area contributed by atoms with Crippen LogP contribution in [-0.4, -0.2) is 38.2 Å². The molecule has 0 bridgehead atoms. The molecule has 1 heterocycles. The highest BCUT2D eigenvalue weighted by Gasteiger charge is 2.29. The maximum Gasteiger partial charge on any atom is 0.211 e. The fourth-order valence-corrected chi connectivity index (χ4v) is 2.32. The molecule has 72 valence electrons. The van der Waals surface area contributed by atoms with Crippen LogP contribution in [-0.2, 0) is 10.0 Å². The highest BCUT2D eigenvalue weighted by atomic mass is 32.2. The zero-order valence-corrected chi connectivity index (χ0v) is 8.14. The maximum atomic E-state index is 12.9. The molecule has 0 radical (unpaired) electrons. The van der Waals surface area contributed by atoms with Gasteiger partial charge < -0.3 is 0 Å². The first-order valence-corrected chi connectivity index (χ1v) is 5.85. The van der Waals surface area contributed by atoms with Gasteiger partial charge in [-0.05, 0) is 6.42 Å². The van der Waals surface area contributed by atoms with Gasteiger partial charge in [-0.2, -0.15) is 0 Å². The predicted molar refractivity (Wildman–Crippen MR) is 45.1 cm³/mol. The molecular weight excluding hydrogens is 181 g/mol. The fourth-order valence-electron chi connectivity index (χ4n) is 1.38. The van der Waals surface area contributed by atoms with E-state index in [1.54, 1.807) is 6.92 Å². The van der Waals surface area contributed by atoms with Crippen molar-refractivity contribution >= 4 is 10.0 Å². The first-order valence-electron chi connectivity index (χ1n) is 4.00. The third-order valence-corrected chi connectivity index (χ3v) is 3.50. The van der Waals surface area contributed by atoms with Crippen molar-refractivity contribution in [1.82, 2.24) is 4.31 Å². The van der Waals surface area contributed by atoms with Crippen molar-refractivity contribution in [2.75, 3.05) is 19.3 Å². The van der Waals surface area contributed by atoms with Crippen LogP contribution in [0, 0.1) is 5.92 Å². The SMILES string of the molecule is C[C@@H]1CN(S(C)(=O)=O)CC[C@@H]1F. The van der Waals surface area contributed by atoms with Crippen LogP contribution in [0.15, 0.2) is 0 Å². The van der Waals surface area contributed by atoms with Crippen LogP contribution in [0.3, 0.4) is 0 Å². The molecular formula is C7H14FNO2S. The molecule has 3 nitrogen and oxygen atoms in total. The second-order valence-corrected chi connectivity index (χ2v) is 5.39. The van der Waals surface area contributed by atoms with E-state index in [2.05, 4.69) is 0 Å². The maximum absolute atomic E-state index is 12.9. The van der Waals surface area contributed by atoms with Gasteiger partial charge >= 0.3 is 0 Å². The van der Waals surface area contributed by atoms with Crippen molar-refractivity contribution in [3.05, 3.63) is 0 Å². The van der Waals surface area contributed by atoms with Crippen LogP contribution < -0.4 is 0 Å². The topological polar surface area (TPSA) is 37.4 Å². The number of piperidine rings is 1. The highest BCUT2D eigenvalue weighted by molar-refractivity contribution is 7.88. The third kappa shape index (κ3) is 2.17. The molecule has 1 fully saturated rings. The highest BCUT2D eigenvalue weighted by Crippen LogP contribution is 2.20. The molecule has 1 saturated heterocycles. The van der Waals surface area contributed by atoms with Gasteiger partial charge in [0.1, 0.15) is 6.17 Å². The lowest BCUT2D eigenvalue weighted by Crippen LogP contribution is -2.43. The van der Waals surface area contributed by atoms with Crippen molar-refractivity contribution in [2.24, 2.45) is 5.92 Å². The lowest BCUT2D eigenvalue weighted by molar-refractivity contribution is 0.146. The Hall–Kier alpha value is -0.160. The van der Waals surface area contributed by atoms with Gasteiger partial charge in [0, 0.05) is 19.0 Å². The first-order chi connectivity index (χ1) is 5.41. The summed E-state index contributed by atoms with van der Waals surface area (Å²) < 4.78 is 36.3. The van der Waals surface area contributed by atoms with Crippen LogP contribution >= 0.6 is 0 Å². The van der Waals surface area contributed by atoms with Gasteiger partial charge in [-0.3, -0.25) is 0 Å². The van der Waals surface area contributed by atoms with Gasteiger partial charge in [-0.15, -0.1) is 0 Å².